The van der Waals surface area contributed by atoms with Crippen LogP contribution in [0.5, 0.6) is 0 Å². The van der Waals surface area contributed by atoms with E-state index in [1.165, 1.54) is 12.1 Å². The number of amides is 1. The van der Waals surface area contributed by atoms with Crippen molar-refractivity contribution in [2.45, 2.75) is 6.42 Å². The predicted octanol–water partition coefficient (Wildman–Crippen LogP) is 1.77. The zero-order chi connectivity index (χ0) is 21.1. The topological polar surface area (TPSA) is 121 Å². The number of nitrogens with one attached hydrogen (secondary N) is 4. The molecule has 0 spiro atoms. The molecule has 154 valence electrons. The first kappa shape index (κ1) is 21.7. The van der Waals surface area contributed by atoms with Crippen molar-refractivity contribution in [1.29, 1.82) is 0 Å². The first-order valence-electron chi connectivity index (χ1n) is 9.27. The van der Waals surface area contributed by atoms with Gasteiger partial charge in [-0.05, 0) is 36.2 Å². The van der Waals surface area contributed by atoms with E-state index in [0.717, 1.165) is 17.7 Å². The Labute approximate surface area is 169 Å². The lowest BCUT2D eigenvalue weighted by atomic mass is 10.1. The third kappa shape index (κ3) is 7.13. The maximum atomic E-state index is 11.7. The Kier molecular flexibility index (Phi) is 8.43. The standard InChI is InChI=1S/C20H26N6O3/c1-21-19(27)16-5-3-4-15(14-16)10-11-24-20(22-2)25-13-12-23-17-6-8-18(9-7-17)26(28)29/h3-9,14,23H,10-13H2,1-2H3,(H,21,27)(H2,22,24,25). The summed E-state index contributed by atoms with van der Waals surface area (Å²) in [5.74, 6) is 0.579. The fourth-order valence-corrected chi connectivity index (χ4v) is 2.65. The van der Waals surface area contributed by atoms with Crippen molar-refractivity contribution in [3.8, 4) is 0 Å². The summed E-state index contributed by atoms with van der Waals surface area (Å²) >= 11 is 0. The molecule has 4 N–H and O–H groups in total. The van der Waals surface area contributed by atoms with Crippen LogP contribution in [0.25, 0.3) is 0 Å². The lowest BCUT2D eigenvalue weighted by Crippen LogP contribution is -2.40. The molecule has 0 aliphatic carbocycles. The molecule has 0 aliphatic heterocycles. The van der Waals surface area contributed by atoms with Gasteiger partial charge in [-0.1, -0.05) is 12.1 Å². The van der Waals surface area contributed by atoms with Crippen molar-refractivity contribution in [1.82, 2.24) is 16.0 Å². The van der Waals surface area contributed by atoms with Gasteiger partial charge in [-0.2, -0.15) is 0 Å². The minimum atomic E-state index is -0.421. The third-order valence-corrected chi connectivity index (χ3v) is 4.17. The van der Waals surface area contributed by atoms with Crippen LogP contribution < -0.4 is 21.3 Å². The van der Waals surface area contributed by atoms with E-state index in [2.05, 4.69) is 26.3 Å². The molecule has 2 aromatic carbocycles. The quantitative estimate of drug-likeness (QED) is 0.168. The van der Waals surface area contributed by atoms with Gasteiger partial charge in [0, 0.05) is 57.1 Å². The molecule has 0 saturated carbocycles. The minimum Gasteiger partial charge on any atom is -0.383 e. The number of anilines is 1. The number of hydrogen-bond donors (Lipinski definition) is 4. The van der Waals surface area contributed by atoms with Crippen molar-refractivity contribution in [2.24, 2.45) is 4.99 Å². The second kappa shape index (κ2) is 11.3. The van der Waals surface area contributed by atoms with Crippen LogP contribution in [0.3, 0.4) is 0 Å². The molecule has 0 fully saturated rings. The number of nitro groups is 1. The van der Waals surface area contributed by atoms with Gasteiger partial charge in [0.15, 0.2) is 5.96 Å². The number of hydrogen-bond acceptors (Lipinski definition) is 5. The van der Waals surface area contributed by atoms with Gasteiger partial charge < -0.3 is 21.3 Å². The van der Waals surface area contributed by atoms with Gasteiger partial charge in [0.2, 0.25) is 0 Å². The smallest absolute Gasteiger partial charge is 0.269 e. The second-order valence-corrected chi connectivity index (χ2v) is 6.19. The number of rotatable bonds is 9. The van der Waals surface area contributed by atoms with Gasteiger partial charge in [-0.3, -0.25) is 19.9 Å². The molecule has 29 heavy (non-hydrogen) atoms. The van der Waals surface area contributed by atoms with Crippen molar-refractivity contribution < 1.29 is 9.72 Å². The van der Waals surface area contributed by atoms with Crippen LogP contribution in [-0.4, -0.2) is 50.5 Å². The Morgan fingerprint density at radius 1 is 1.07 bits per heavy atom. The molecule has 0 saturated heterocycles. The third-order valence-electron chi connectivity index (χ3n) is 4.17. The van der Waals surface area contributed by atoms with Crippen molar-refractivity contribution in [2.75, 3.05) is 39.0 Å². The van der Waals surface area contributed by atoms with E-state index in [4.69, 9.17) is 0 Å². The van der Waals surface area contributed by atoms with Crippen LogP contribution >= 0.6 is 0 Å². The summed E-state index contributed by atoms with van der Waals surface area (Å²) in [5.41, 5.74) is 2.59. The summed E-state index contributed by atoms with van der Waals surface area (Å²) in [6.45, 7) is 1.93. The largest absolute Gasteiger partial charge is 0.383 e. The van der Waals surface area contributed by atoms with Crippen LogP contribution in [0.4, 0.5) is 11.4 Å². The zero-order valence-electron chi connectivity index (χ0n) is 16.6. The van der Waals surface area contributed by atoms with E-state index in [1.807, 2.05) is 18.2 Å². The Hall–Kier alpha value is -3.62. The highest BCUT2D eigenvalue weighted by Crippen LogP contribution is 2.14. The number of aliphatic imine (C=N–C) groups is 1. The van der Waals surface area contributed by atoms with Crippen molar-refractivity contribution in [3.63, 3.8) is 0 Å². The molecule has 1 amide bonds. The van der Waals surface area contributed by atoms with Gasteiger partial charge in [-0.15, -0.1) is 0 Å². The van der Waals surface area contributed by atoms with E-state index in [0.29, 0.717) is 31.2 Å². The minimum absolute atomic E-state index is 0.0686. The van der Waals surface area contributed by atoms with E-state index in [1.54, 1.807) is 32.3 Å². The van der Waals surface area contributed by atoms with E-state index in [9.17, 15) is 14.9 Å². The number of benzene rings is 2. The van der Waals surface area contributed by atoms with Crippen LogP contribution in [0.1, 0.15) is 15.9 Å². The summed E-state index contributed by atoms with van der Waals surface area (Å²) in [5, 5.41) is 22.9. The lowest BCUT2D eigenvalue weighted by molar-refractivity contribution is -0.384. The van der Waals surface area contributed by atoms with Gasteiger partial charge in [-0.25, -0.2) is 0 Å². The highest BCUT2D eigenvalue weighted by molar-refractivity contribution is 5.94. The Morgan fingerprint density at radius 3 is 2.45 bits per heavy atom. The maximum Gasteiger partial charge on any atom is 0.269 e. The van der Waals surface area contributed by atoms with Gasteiger partial charge >= 0.3 is 0 Å². The number of non-ortho nitro benzene ring substituents is 1. The number of carbonyl (C=O) groups is 1. The molecule has 9 nitrogen and oxygen atoms in total. The molecule has 0 radical (unpaired) electrons. The predicted molar refractivity (Wildman–Crippen MR) is 114 cm³/mol. The summed E-state index contributed by atoms with van der Waals surface area (Å²) in [6.07, 6.45) is 0.757. The van der Waals surface area contributed by atoms with Crippen LogP contribution in [-0.2, 0) is 6.42 Å². The first-order valence-corrected chi connectivity index (χ1v) is 9.27. The highest BCUT2D eigenvalue weighted by Gasteiger charge is 2.05. The molecule has 0 heterocycles. The summed E-state index contributed by atoms with van der Waals surface area (Å²) in [4.78, 5) is 26.1. The van der Waals surface area contributed by atoms with Crippen molar-refractivity contribution >= 4 is 23.2 Å². The molecule has 2 rings (SSSR count). The van der Waals surface area contributed by atoms with Gasteiger partial charge in [0.1, 0.15) is 0 Å². The second-order valence-electron chi connectivity index (χ2n) is 6.19. The highest BCUT2D eigenvalue weighted by atomic mass is 16.6. The lowest BCUT2D eigenvalue weighted by Gasteiger charge is -2.13. The fourth-order valence-electron chi connectivity index (χ4n) is 2.65. The maximum absolute atomic E-state index is 11.7. The zero-order valence-corrected chi connectivity index (χ0v) is 16.6. The first-order chi connectivity index (χ1) is 14.0. The number of carbonyl (C=O) groups excluding carboxylic acids is 1. The Balaban J connectivity index is 1.70. The molecule has 0 aliphatic rings. The molecule has 2 aromatic rings. The molecule has 0 aromatic heterocycles. The van der Waals surface area contributed by atoms with Crippen LogP contribution in [0.2, 0.25) is 0 Å². The summed E-state index contributed by atoms with van der Waals surface area (Å²) in [6, 6.07) is 13.8. The number of guanidine groups is 1. The SMILES string of the molecule is CN=C(NCCNc1ccc([N+](=O)[O-])cc1)NCCc1cccc(C(=O)NC)c1. The van der Waals surface area contributed by atoms with Gasteiger partial charge in [0.05, 0.1) is 4.92 Å². The van der Waals surface area contributed by atoms with E-state index >= 15 is 0 Å². The van der Waals surface area contributed by atoms with Gasteiger partial charge in [0.25, 0.3) is 11.6 Å². The summed E-state index contributed by atoms with van der Waals surface area (Å²) < 4.78 is 0. The fraction of sp³-hybridized carbons (Fsp3) is 0.300. The molecular formula is C20H26N6O3. The Bertz CT molecular complexity index is 852. The summed E-state index contributed by atoms with van der Waals surface area (Å²) in [7, 11) is 3.31. The molecular weight excluding hydrogens is 372 g/mol. The average Bonchev–Trinajstić information content (AvgIpc) is 2.75. The molecule has 0 bridgehead atoms. The number of nitro benzene ring substituents is 1. The molecule has 9 heteroatoms. The number of nitrogens with zero attached hydrogens (tertiary/aromatic N) is 2. The van der Waals surface area contributed by atoms with E-state index < -0.39 is 4.92 Å². The van der Waals surface area contributed by atoms with Crippen molar-refractivity contribution in [3.05, 3.63) is 69.8 Å². The average molecular weight is 398 g/mol. The molecule has 0 atom stereocenters. The monoisotopic (exact) mass is 398 g/mol. The Morgan fingerprint density at radius 2 is 1.79 bits per heavy atom. The van der Waals surface area contributed by atoms with Crippen LogP contribution in [0.15, 0.2) is 53.5 Å². The normalized spacial score (nSPS) is 10.9. The van der Waals surface area contributed by atoms with E-state index in [-0.39, 0.29) is 11.6 Å². The molecule has 0 unspecified atom stereocenters. The van der Waals surface area contributed by atoms with Crippen LogP contribution in [0, 0.1) is 10.1 Å².